The minimum Gasteiger partial charge on any atom is -0.380 e. The summed E-state index contributed by atoms with van der Waals surface area (Å²) in [5.74, 6) is 0. The molecule has 4 nitrogen and oxygen atoms in total. The Balaban J connectivity index is 1.64. The topological polar surface area (TPSA) is 19.0 Å². The molecule has 0 unspecified atom stereocenters. The molecular formula is C16H33N3O. The molecule has 0 atom stereocenters. The van der Waals surface area contributed by atoms with Crippen molar-refractivity contribution in [3.05, 3.63) is 0 Å². The average Bonchev–Trinajstić information content (AvgIpc) is 2.48. The Kier molecular flexibility index (Phi) is 6.75. The third kappa shape index (κ3) is 4.69. The summed E-state index contributed by atoms with van der Waals surface area (Å²) in [6, 6.07) is 1.53. The second kappa shape index (κ2) is 8.32. The molecule has 0 saturated carbocycles. The summed E-state index contributed by atoms with van der Waals surface area (Å²) < 4.78 is 5.46. The van der Waals surface area contributed by atoms with E-state index in [1.165, 1.54) is 52.1 Å². The fraction of sp³-hybridized carbons (Fsp3) is 1.00. The zero-order valence-electron chi connectivity index (χ0n) is 13.7. The lowest BCUT2D eigenvalue weighted by Crippen LogP contribution is -2.54. The van der Waals surface area contributed by atoms with E-state index in [1.54, 1.807) is 0 Å². The molecule has 2 aliphatic heterocycles. The molecule has 0 aromatic carbocycles. The van der Waals surface area contributed by atoms with E-state index in [0.29, 0.717) is 6.04 Å². The number of nitrogens with zero attached hydrogens (tertiary/aromatic N) is 3. The van der Waals surface area contributed by atoms with Gasteiger partial charge in [-0.1, -0.05) is 0 Å². The van der Waals surface area contributed by atoms with Gasteiger partial charge in [0.2, 0.25) is 0 Å². The maximum Gasteiger partial charge on any atom is 0.0593 e. The number of hydrogen-bond acceptors (Lipinski definition) is 4. The Hall–Kier alpha value is -0.160. The first-order valence-corrected chi connectivity index (χ1v) is 8.49. The van der Waals surface area contributed by atoms with Crippen LogP contribution in [0.5, 0.6) is 0 Å². The van der Waals surface area contributed by atoms with Crippen LogP contribution in [-0.2, 0) is 4.74 Å². The van der Waals surface area contributed by atoms with Gasteiger partial charge in [0.1, 0.15) is 0 Å². The first-order valence-electron chi connectivity index (χ1n) is 8.49. The molecule has 2 saturated heterocycles. The van der Waals surface area contributed by atoms with Crippen LogP contribution in [0, 0.1) is 0 Å². The molecule has 0 radical (unpaired) electrons. The second-order valence-electron chi connectivity index (χ2n) is 6.44. The van der Waals surface area contributed by atoms with Gasteiger partial charge in [-0.2, -0.15) is 0 Å². The largest absolute Gasteiger partial charge is 0.380 e. The van der Waals surface area contributed by atoms with E-state index in [-0.39, 0.29) is 0 Å². The summed E-state index contributed by atoms with van der Waals surface area (Å²) in [6.45, 7) is 17.1. The fourth-order valence-electron chi connectivity index (χ4n) is 3.47. The highest BCUT2D eigenvalue weighted by atomic mass is 16.5. The minimum absolute atomic E-state index is 0.706. The van der Waals surface area contributed by atoms with E-state index in [4.69, 9.17) is 4.74 Å². The summed E-state index contributed by atoms with van der Waals surface area (Å²) in [5, 5.41) is 0. The van der Waals surface area contributed by atoms with Crippen LogP contribution in [0.2, 0.25) is 0 Å². The van der Waals surface area contributed by atoms with Crippen molar-refractivity contribution in [1.82, 2.24) is 14.7 Å². The minimum atomic E-state index is 0.706. The Morgan fingerprint density at radius 1 is 1.00 bits per heavy atom. The van der Waals surface area contributed by atoms with Crippen LogP contribution in [-0.4, -0.2) is 85.8 Å². The standard InChI is InChI=1S/C16H33N3O/c1-4-20-14-13-17-7-5-16(6-8-17)19-11-9-18(10-12-19)15(2)3/h15-16H,4-14H2,1-3H3. The number of piperazine rings is 1. The lowest BCUT2D eigenvalue weighted by molar-refractivity contribution is 0.0401. The van der Waals surface area contributed by atoms with Crippen LogP contribution in [0.3, 0.4) is 0 Å². The highest BCUT2D eigenvalue weighted by Gasteiger charge is 2.27. The van der Waals surface area contributed by atoms with E-state index < -0.39 is 0 Å². The third-order valence-electron chi connectivity index (χ3n) is 4.91. The summed E-state index contributed by atoms with van der Waals surface area (Å²) in [7, 11) is 0. The van der Waals surface area contributed by atoms with Crippen LogP contribution in [0.15, 0.2) is 0 Å². The van der Waals surface area contributed by atoms with Crippen LogP contribution in [0.1, 0.15) is 33.6 Å². The second-order valence-corrected chi connectivity index (χ2v) is 6.44. The Morgan fingerprint density at radius 3 is 2.20 bits per heavy atom. The predicted molar refractivity (Wildman–Crippen MR) is 84.2 cm³/mol. The number of rotatable bonds is 6. The van der Waals surface area contributed by atoms with Gasteiger partial charge in [-0.3, -0.25) is 9.80 Å². The lowest BCUT2D eigenvalue weighted by atomic mass is 10.0. The van der Waals surface area contributed by atoms with Gasteiger partial charge in [0, 0.05) is 51.4 Å². The van der Waals surface area contributed by atoms with Crippen LogP contribution < -0.4 is 0 Å². The number of ether oxygens (including phenoxy) is 1. The predicted octanol–water partition coefficient (Wildman–Crippen LogP) is 1.51. The van der Waals surface area contributed by atoms with Gasteiger partial charge >= 0.3 is 0 Å². The first-order chi connectivity index (χ1) is 9.70. The van der Waals surface area contributed by atoms with Gasteiger partial charge in [0.25, 0.3) is 0 Å². The first kappa shape index (κ1) is 16.2. The molecule has 0 spiro atoms. The van der Waals surface area contributed by atoms with Gasteiger partial charge < -0.3 is 9.64 Å². The van der Waals surface area contributed by atoms with Crippen LogP contribution >= 0.6 is 0 Å². The van der Waals surface area contributed by atoms with Gasteiger partial charge in [-0.15, -0.1) is 0 Å². The molecule has 2 aliphatic rings. The van der Waals surface area contributed by atoms with E-state index in [2.05, 4.69) is 35.5 Å². The van der Waals surface area contributed by atoms with E-state index in [1.807, 2.05) is 0 Å². The molecule has 118 valence electrons. The maximum atomic E-state index is 5.46. The van der Waals surface area contributed by atoms with Gasteiger partial charge in [0.15, 0.2) is 0 Å². The van der Waals surface area contributed by atoms with Gasteiger partial charge in [-0.25, -0.2) is 0 Å². The molecule has 2 heterocycles. The molecule has 0 aromatic heterocycles. The summed E-state index contributed by atoms with van der Waals surface area (Å²) in [5.41, 5.74) is 0. The van der Waals surface area contributed by atoms with Crippen molar-refractivity contribution >= 4 is 0 Å². The average molecular weight is 283 g/mol. The zero-order valence-corrected chi connectivity index (χ0v) is 13.7. The fourth-order valence-corrected chi connectivity index (χ4v) is 3.47. The molecule has 0 amide bonds. The van der Waals surface area contributed by atoms with Crippen LogP contribution in [0.25, 0.3) is 0 Å². The molecule has 0 aliphatic carbocycles. The molecule has 0 bridgehead atoms. The molecular weight excluding hydrogens is 250 g/mol. The monoisotopic (exact) mass is 283 g/mol. The number of piperidine rings is 1. The van der Waals surface area contributed by atoms with E-state index >= 15 is 0 Å². The Labute approximate surface area is 125 Å². The molecule has 0 N–H and O–H groups in total. The van der Waals surface area contributed by atoms with Crippen molar-refractivity contribution in [2.24, 2.45) is 0 Å². The van der Waals surface area contributed by atoms with Crippen molar-refractivity contribution < 1.29 is 4.74 Å². The maximum absolute atomic E-state index is 5.46. The highest BCUT2D eigenvalue weighted by Crippen LogP contribution is 2.18. The smallest absolute Gasteiger partial charge is 0.0593 e. The SMILES string of the molecule is CCOCCN1CCC(N2CCN(C(C)C)CC2)CC1. The molecule has 2 rings (SSSR count). The lowest BCUT2D eigenvalue weighted by Gasteiger charge is -2.43. The quantitative estimate of drug-likeness (QED) is 0.688. The van der Waals surface area contributed by atoms with Crippen molar-refractivity contribution in [3.8, 4) is 0 Å². The Bertz CT molecular complexity index is 256. The molecule has 20 heavy (non-hydrogen) atoms. The van der Waals surface area contributed by atoms with Gasteiger partial charge in [-0.05, 0) is 46.7 Å². The van der Waals surface area contributed by atoms with Crippen molar-refractivity contribution in [1.29, 1.82) is 0 Å². The van der Waals surface area contributed by atoms with Crippen molar-refractivity contribution in [3.63, 3.8) is 0 Å². The number of hydrogen-bond donors (Lipinski definition) is 0. The van der Waals surface area contributed by atoms with E-state index in [0.717, 1.165) is 25.8 Å². The molecule has 4 heteroatoms. The highest BCUT2D eigenvalue weighted by molar-refractivity contribution is 4.84. The molecule has 0 aromatic rings. The zero-order chi connectivity index (χ0) is 14.4. The van der Waals surface area contributed by atoms with Crippen molar-refractivity contribution in [2.45, 2.75) is 45.7 Å². The normalized spacial score (nSPS) is 24.6. The third-order valence-corrected chi connectivity index (χ3v) is 4.91. The number of likely N-dealkylation sites (tertiary alicyclic amines) is 1. The Morgan fingerprint density at radius 2 is 1.65 bits per heavy atom. The molecule has 2 fully saturated rings. The van der Waals surface area contributed by atoms with Gasteiger partial charge in [0.05, 0.1) is 6.61 Å². The summed E-state index contributed by atoms with van der Waals surface area (Å²) >= 11 is 0. The van der Waals surface area contributed by atoms with E-state index in [9.17, 15) is 0 Å². The van der Waals surface area contributed by atoms with Crippen LogP contribution in [0.4, 0.5) is 0 Å². The van der Waals surface area contributed by atoms with Crippen molar-refractivity contribution in [2.75, 3.05) is 59.0 Å². The summed E-state index contributed by atoms with van der Waals surface area (Å²) in [4.78, 5) is 7.91. The summed E-state index contributed by atoms with van der Waals surface area (Å²) in [6.07, 6.45) is 2.68.